The van der Waals surface area contributed by atoms with Gasteiger partial charge < -0.3 is 14.7 Å². The van der Waals surface area contributed by atoms with E-state index >= 15 is 0 Å². The van der Waals surface area contributed by atoms with Crippen LogP contribution >= 0.6 is 0 Å². The minimum atomic E-state index is -4.35. The zero-order valence-corrected chi connectivity index (χ0v) is 17.6. The van der Waals surface area contributed by atoms with Gasteiger partial charge in [-0.05, 0) is 60.7 Å². The smallest absolute Gasteiger partial charge is 0.416 e. The van der Waals surface area contributed by atoms with Gasteiger partial charge in [-0.25, -0.2) is 0 Å². The summed E-state index contributed by atoms with van der Waals surface area (Å²) in [6.45, 7) is 2.41. The van der Waals surface area contributed by atoms with Gasteiger partial charge in [0.1, 0.15) is 24.4 Å². The van der Waals surface area contributed by atoms with Gasteiger partial charge in [-0.15, -0.1) is 0 Å². The Labute approximate surface area is 184 Å². The van der Waals surface area contributed by atoms with Crippen molar-refractivity contribution in [1.82, 2.24) is 4.98 Å². The van der Waals surface area contributed by atoms with Crippen LogP contribution in [0.2, 0.25) is 0 Å². The molecule has 32 heavy (non-hydrogen) atoms. The molecule has 0 aliphatic carbocycles. The van der Waals surface area contributed by atoms with E-state index in [1.165, 1.54) is 0 Å². The highest BCUT2D eigenvalue weighted by molar-refractivity contribution is 5.83. The Morgan fingerprint density at radius 2 is 1.75 bits per heavy atom. The maximum Gasteiger partial charge on any atom is 0.416 e. The fourth-order valence-corrected chi connectivity index (χ4v) is 5.76. The summed E-state index contributed by atoms with van der Waals surface area (Å²) >= 11 is 0. The van der Waals surface area contributed by atoms with E-state index in [0.29, 0.717) is 22.5 Å². The number of hydrogen-bond donors (Lipinski definition) is 2. The number of aliphatic hydroxyl groups is 1. The zero-order chi connectivity index (χ0) is 22.5. The first-order valence-corrected chi connectivity index (χ1v) is 11.0. The highest BCUT2D eigenvalue weighted by Crippen LogP contribution is 2.45. The van der Waals surface area contributed by atoms with Gasteiger partial charge in [-0.1, -0.05) is 12.1 Å². The van der Waals surface area contributed by atoms with E-state index in [0.717, 1.165) is 61.0 Å². The molecule has 1 unspecified atom stereocenters. The topological polar surface area (TPSA) is 53.4 Å². The molecule has 3 aliphatic rings. The second kappa shape index (κ2) is 7.74. The largest absolute Gasteiger partial charge is 0.508 e. The van der Waals surface area contributed by atoms with Crippen LogP contribution in [0.15, 0.2) is 54.7 Å². The Morgan fingerprint density at radius 1 is 1.03 bits per heavy atom. The quantitative estimate of drug-likeness (QED) is 0.546. The molecule has 7 heteroatoms. The zero-order valence-electron chi connectivity index (χ0n) is 17.6. The standard InChI is InChI=1S/C25H25F3N2O2/c26-25(27,28)18-3-1-17(2-4-18)15-30-11-8-16(9-12-30)13-23(30)24(32)20-7-10-29-22-6-5-19(31)14-21(20)22/h1-7,10,14,16,23-24,32H,8-9,11-13,15H2/p+1/t16?,23?,24-,30?/m0/s1. The number of phenols is 1. The molecule has 2 aromatic carbocycles. The predicted octanol–water partition coefficient (Wildman–Crippen LogP) is 5.19. The fourth-order valence-electron chi connectivity index (χ4n) is 5.76. The Morgan fingerprint density at radius 3 is 2.44 bits per heavy atom. The second-order valence-corrected chi connectivity index (χ2v) is 9.31. The van der Waals surface area contributed by atoms with E-state index < -0.39 is 17.8 Å². The number of phenolic OH excluding ortho intramolecular Hbond substituents is 1. The molecule has 4 heterocycles. The number of hydrogen-bond acceptors (Lipinski definition) is 3. The van der Waals surface area contributed by atoms with Gasteiger partial charge in [-0.3, -0.25) is 4.98 Å². The summed E-state index contributed by atoms with van der Waals surface area (Å²) in [6, 6.07) is 12.1. The average Bonchev–Trinajstić information content (AvgIpc) is 2.78. The molecule has 4 nitrogen and oxygen atoms in total. The summed E-state index contributed by atoms with van der Waals surface area (Å²) in [6.07, 6.45) is -0.399. The summed E-state index contributed by atoms with van der Waals surface area (Å²) in [5, 5.41) is 22.3. The molecule has 3 fully saturated rings. The van der Waals surface area contributed by atoms with Crippen LogP contribution in [-0.4, -0.2) is 38.8 Å². The summed E-state index contributed by atoms with van der Waals surface area (Å²) in [4.78, 5) is 4.35. The van der Waals surface area contributed by atoms with Crippen molar-refractivity contribution >= 4 is 10.9 Å². The number of halogens is 3. The molecular formula is C25H26F3N2O2+. The number of alkyl halides is 3. The number of piperidine rings is 3. The molecule has 6 rings (SSSR count). The van der Waals surface area contributed by atoms with Gasteiger partial charge in [0.05, 0.1) is 24.2 Å². The third-order valence-electron chi connectivity index (χ3n) is 7.46. The Balaban J connectivity index is 1.49. The van der Waals surface area contributed by atoms with Gasteiger partial charge in [0, 0.05) is 23.6 Å². The van der Waals surface area contributed by atoms with Crippen LogP contribution < -0.4 is 0 Å². The first-order chi connectivity index (χ1) is 15.2. The molecule has 168 valence electrons. The molecule has 0 amide bonds. The highest BCUT2D eigenvalue weighted by atomic mass is 19.4. The molecular weight excluding hydrogens is 417 g/mol. The van der Waals surface area contributed by atoms with Crippen molar-refractivity contribution in [3.05, 3.63) is 71.4 Å². The number of aromatic hydroxyl groups is 1. The van der Waals surface area contributed by atoms with Gasteiger partial charge in [0.2, 0.25) is 0 Å². The van der Waals surface area contributed by atoms with Crippen LogP contribution in [0.5, 0.6) is 5.75 Å². The van der Waals surface area contributed by atoms with Crippen molar-refractivity contribution in [2.24, 2.45) is 5.92 Å². The first-order valence-electron chi connectivity index (χ1n) is 11.0. The summed E-state index contributed by atoms with van der Waals surface area (Å²) in [5.74, 6) is 0.682. The van der Waals surface area contributed by atoms with Crippen molar-refractivity contribution in [3.8, 4) is 5.75 Å². The van der Waals surface area contributed by atoms with E-state index in [9.17, 15) is 23.4 Å². The molecule has 2 bridgehead atoms. The summed E-state index contributed by atoms with van der Waals surface area (Å²) < 4.78 is 39.6. The number of aromatic nitrogens is 1. The van der Waals surface area contributed by atoms with E-state index in [-0.39, 0.29) is 11.8 Å². The monoisotopic (exact) mass is 443 g/mol. The van der Waals surface area contributed by atoms with Crippen LogP contribution in [0.4, 0.5) is 13.2 Å². The third-order valence-corrected chi connectivity index (χ3v) is 7.46. The van der Waals surface area contributed by atoms with Crippen LogP contribution in [0.25, 0.3) is 10.9 Å². The van der Waals surface area contributed by atoms with E-state index in [4.69, 9.17) is 0 Å². The number of benzene rings is 2. The fraction of sp³-hybridized carbons (Fsp3) is 0.400. The van der Waals surface area contributed by atoms with Crippen molar-refractivity contribution in [2.75, 3.05) is 13.1 Å². The lowest BCUT2D eigenvalue weighted by Gasteiger charge is -2.55. The van der Waals surface area contributed by atoms with Crippen molar-refractivity contribution in [1.29, 1.82) is 0 Å². The molecule has 3 saturated heterocycles. The van der Waals surface area contributed by atoms with Gasteiger partial charge >= 0.3 is 6.18 Å². The van der Waals surface area contributed by atoms with Gasteiger partial charge in [-0.2, -0.15) is 13.2 Å². The minimum Gasteiger partial charge on any atom is -0.508 e. The lowest BCUT2D eigenvalue weighted by Crippen LogP contribution is -2.65. The highest BCUT2D eigenvalue weighted by Gasteiger charge is 2.50. The van der Waals surface area contributed by atoms with Crippen molar-refractivity contribution in [3.63, 3.8) is 0 Å². The van der Waals surface area contributed by atoms with E-state index in [2.05, 4.69) is 4.98 Å². The van der Waals surface area contributed by atoms with Crippen molar-refractivity contribution in [2.45, 2.75) is 44.1 Å². The van der Waals surface area contributed by atoms with Crippen molar-refractivity contribution < 1.29 is 27.9 Å². The maximum atomic E-state index is 13.0. The lowest BCUT2D eigenvalue weighted by molar-refractivity contribution is -0.981. The molecule has 0 saturated carbocycles. The average molecular weight is 443 g/mol. The maximum absolute atomic E-state index is 13.0. The molecule has 2 N–H and O–H groups in total. The Hall–Kier alpha value is -2.64. The lowest BCUT2D eigenvalue weighted by atomic mass is 9.76. The summed E-state index contributed by atoms with van der Waals surface area (Å²) in [7, 11) is 0. The number of pyridine rings is 1. The first kappa shape index (κ1) is 21.2. The Bertz CT molecular complexity index is 1120. The number of nitrogens with zero attached hydrogens (tertiary/aromatic N) is 2. The predicted molar refractivity (Wildman–Crippen MR) is 115 cm³/mol. The Kier molecular flexibility index (Phi) is 5.13. The SMILES string of the molecule is Oc1ccc2nccc([C@H](O)C3CC4CC[N+]3(Cc3ccc(C(F)(F)F)cc3)CC4)c2c1. The number of quaternary nitrogens is 1. The second-order valence-electron chi connectivity index (χ2n) is 9.31. The van der Waals surface area contributed by atoms with Crippen LogP contribution in [-0.2, 0) is 12.7 Å². The minimum absolute atomic E-state index is 0.0576. The van der Waals surface area contributed by atoms with Crippen LogP contribution in [0.1, 0.15) is 42.1 Å². The number of rotatable bonds is 4. The van der Waals surface area contributed by atoms with Gasteiger partial charge in [0.15, 0.2) is 0 Å². The van der Waals surface area contributed by atoms with Gasteiger partial charge in [0.25, 0.3) is 0 Å². The summed E-state index contributed by atoms with van der Waals surface area (Å²) in [5.41, 5.74) is 1.67. The van der Waals surface area contributed by atoms with Crippen LogP contribution in [0, 0.1) is 5.92 Å². The molecule has 0 radical (unpaired) electrons. The molecule has 1 aromatic heterocycles. The van der Waals surface area contributed by atoms with E-state index in [1.54, 1.807) is 36.5 Å². The molecule has 3 aromatic rings. The number of aliphatic hydroxyl groups excluding tert-OH is 1. The normalized spacial score (nSPS) is 26.4. The van der Waals surface area contributed by atoms with E-state index in [1.807, 2.05) is 6.07 Å². The molecule has 3 aliphatic heterocycles. The molecule has 2 atom stereocenters. The molecule has 0 spiro atoms. The third kappa shape index (κ3) is 3.73. The van der Waals surface area contributed by atoms with Crippen LogP contribution in [0.3, 0.4) is 0 Å². The number of fused-ring (bicyclic) bond motifs is 4.